The van der Waals surface area contributed by atoms with Crippen LogP contribution in [0.5, 0.6) is 0 Å². The summed E-state index contributed by atoms with van der Waals surface area (Å²) in [7, 11) is 0. The number of hydrogen-bond donors (Lipinski definition) is 1. The maximum atomic E-state index is 12.7. The second-order valence-corrected chi connectivity index (χ2v) is 6.34. The number of carbonyl (C=O) groups is 1. The average Bonchev–Trinajstić information content (AvgIpc) is 2.93. The van der Waals surface area contributed by atoms with Crippen molar-refractivity contribution in [2.75, 3.05) is 6.54 Å². The molecule has 122 valence electrons. The zero-order valence-electron chi connectivity index (χ0n) is 12.4. The van der Waals surface area contributed by atoms with Crippen molar-refractivity contribution < 1.29 is 4.79 Å². The third-order valence-electron chi connectivity index (χ3n) is 4.00. The summed E-state index contributed by atoms with van der Waals surface area (Å²) in [4.78, 5) is 18.9. The molecule has 0 spiro atoms. The fourth-order valence-electron chi connectivity index (χ4n) is 2.91. The van der Waals surface area contributed by atoms with Crippen LogP contribution in [0.25, 0.3) is 10.2 Å². The van der Waals surface area contributed by atoms with Gasteiger partial charge >= 0.3 is 0 Å². The minimum absolute atomic E-state index is 0. The van der Waals surface area contributed by atoms with Crippen molar-refractivity contribution in [3.8, 4) is 0 Å². The first kappa shape index (κ1) is 19.2. The molecule has 1 aromatic heterocycles. The van der Waals surface area contributed by atoms with Crippen molar-refractivity contribution in [3.63, 3.8) is 0 Å². The van der Waals surface area contributed by atoms with Gasteiger partial charge in [0.1, 0.15) is 0 Å². The van der Waals surface area contributed by atoms with Crippen LogP contribution >= 0.6 is 36.2 Å². The molecule has 1 aromatic carbocycles. The van der Waals surface area contributed by atoms with E-state index in [-0.39, 0.29) is 42.8 Å². The molecule has 4 nitrogen and oxygen atoms in total. The third kappa shape index (κ3) is 3.71. The van der Waals surface area contributed by atoms with Crippen LogP contribution in [0.1, 0.15) is 36.5 Å². The molecule has 0 radical (unpaired) electrons. The van der Waals surface area contributed by atoms with Crippen molar-refractivity contribution in [2.24, 2.45) is 5.73 Å². The van der Waals surface area contributed by atoms with Crippen LogP contribution < -0.4 is 5.73 Å². The summed E-state index contributed by atoms with van der Waals surface area (Å²) in [6.45, 7) is 2.80. The van der Waals surface area contributed by atoms with Gasteiger partial charge in [-0.2, -0.15) is 0 Å². The van der Waals surface area contributed by atoms with Crippen LogP contribution in [0, 0.1) is 0 Å². The molecule has 2 N–H and O–H groups in total. The minimum atomic E-state index is 0. The van der Waals surface area contributed by atoms with Crippen LogP contribution in [0.15, 0.2) is 23.7 Å². The molecule has 1 aliphatic heterocycles. The molecule has 2 atom stereocenters. The maximum absolute atomic E-state index is 12.7. The van der Waals surface area contributed by atoms with E-state index >= 15 is 0 Å². The Balaban J connectivity index is 0.00000121. The molecule has 7 heteroatoms. The van der Waals surface area contributed by atoms with Gasteiger partial charge in [0.05, 0.1) is 15.7 Å². The summed E-state index contributed by atoms with van der Waals surface area (Å²) >= 11 is 1.57. The van der Waals surface area contributed by atoms with E-state index in [1.54, 1.807) is 11.3 Å². The van der Waals surface area contributed by atoms with Gasteiger partial charge in [0, 0.05) is 24.2 Å². The Kier molecular flexibility index (Phi) is 7.06. The first-order valence-electron chi connectivity index (χ1n) is 7.06. The molecule has 3 rings (SSSR count). The van der Waals surface area contributed by atoms with Crippen LogP contribution in [0.2, 0.25) is 0 Å². The van der Waals surface area contributed by atoms with Gasteiger partial charge in [0.15, 0.2) is 0 Å². The smallest absolute Gasteiger partial charge is 0.254 e. The van der Waals surface area contributed by atoms with Gasteiger partial charge in [-0.05, 0) is 44.4 Å². The van der Waals surface area contributed by atoms with Gasteiger partial charge in [-0.25, -0.2) is 4.98 Å². The summed E-state index contributed by atoms with van der Waals surface area (Å²) in [6, 6.07) is 5.92. The second-order valence-electron chi connectivity index (χ2n) is 5.46. The maximum Gasteiger partial charge on any atom is 0.254 e. The number of hydrogen-bond acceptors (Lipinski definition) is 4. The highest BCUT2D eigenvalue weighted by Crippen LogP contribution is 2.24. The number of aromatic nitrogens is 1. The zero-order valence-corrected chi connectivity index (χ0v) is 14.8. The van der Waals surface area contributed by atoms with E-state index in [1.165, 1.54) is 0 Å². The number of rotatable bonds is 2. The molecule has 0 saturated carbocycles. The molecular weight excluding hydrogens is 341 g/mol. The summed E-state index contributed by atoms with van der Waals surface area (Å²) in [5, 5.41) is 0. The summed E-state index contributed by atoms with van der Waals surface area (Å²) in [5.41, 5.74) is 9.55. The predicted octanol–water partition coefficient (Wildman–Crippen LogP) is 3.48. The van der Waals surface area contributed by atoms with Crippen molar-refractivity contribution >= 4 is 52.3 Å². The lowest BCUT2D eigenvalue weighted by atomic mass is 9.96. The first-order chi connectivity index (χ1) is 9.66. The molecule has 1 fully saturated rings. The average molecular weight is 362 g/mol. The Bertz CT molecular complexity index is 632. The molecule has 1 aliphatic rings. The summed E-state index contributed by atoms with van der Waals surface area (Å²) in [6.07, 6.45) is 3.23. The highest BCUT2D eigenvalue weighted by molar-refractivity contribution is 7.16. The Morgan fingerprint density at radius 2 is 2.18 bits per heavy atom. The van der Waals surface area contributed by atoms with Gasteiger partial charge < -0.3 is 10.6 Å². The zero-order chi connectivity index (χ0) is 14.1. The molecule has 0 bridgehead atoms. The summed E-state index contributed by atoms with van der Waals surface area (Å²) in [5.74, 6) is 0.0994. The van der Waals surface area contributed by atoms with Crippen molar-refractivity contribution in [3.05, 3.63) is 29.3 Å². The standard InChI is InChI=1S/C15H19N3OS.2ClH/c1-10(16)13-4-2-3-7-18(13)15(19)11-5-6-12-14(8-11)20-9-17-12;;/h5-6,8-10,13H,2-4,7,16H2,1H3;2*1H. The molecule has 22 heavy (non-hydrogen) atoms. The minimum Gasteiger partial charge on any atom is -0.334 e. The summed E-state index contributed by atoms with van der Waals surface area (Å²) < 4.78 is 1.06. The van der Waals surface area contributed by atoms with Crippen molar-refractivity contribution in [1.82, 2.24) is 9.88 Å². The van der Waals surface area contributed by atoms with Gasteiger partial charge in [-0.1, -0.05) is 0 Å². The van der Waals surface area contributed by atoms with E-state index in [4.69, 9.17) is 5.73 Å². The number of halogens is 2. The Morgan fingerprint density at radius 1 is 1.41 bits per heavy atom. The van der Waals surface area contributed by atoms with Gasteiger partial charge in [-0.3, -0.25) is 4.79 Å². The molecule has 2 unspecified atom stereocenters. The van der Waals surface area contributed by atoms with Gasteiger partial charge in [0.2, 0.25) is 0 Å². The Morgan fingerprint density at radius 3 is 2.91 bits per heavy atom. The molecule has 0 aliphatic carbocycles. The highest BCUT2D eigenvalue weighted by Gasteiger charge is 2.29. The van der Waals surface area contributed by atoms with Crippen LogP contribution in [-0.4, -0.2) is 34.4 Å². The van der Waals surface area contributed by atoms with Gasteiger partial charge in [0.25, 0.3) is 5.91 Å². The Hall–Kier alpha value is -0.880. The molecular formula is C15H21Cl2N3OS. The van der Waals surface area contributed by atoms with Crippen LogP contribution in [-0.2, 0) is 0 Å². The number of benzene rings is 1. The van der Waals surface area contributed by atoms with E-state index in [2.05, 4.69) is 4.98 Å². The SMILES string of the molecule is CC(N)C1CCCCN1C(=O)c1ccc2ncsc2c1.Cl.Cl. The van der Waals surface area contributed by atoms with Gasteiger partial charge in [-0.15, -0.1) is 36.2 Å². The number of nitrogens with two attached hydrogens (primary N) is 1. The largest absolute Gasteiger partial charge is 0.334 e. The normalized spacial score (nSPS) is 19.2. The molecule has 2 aromatic rings. The van der Waals surface area contributed by atoms with E-state index < -0.39 is 0 Å². The van der Waals surface area contributed by atoms with Crippen LogP contribution in [0.3, 0.4) is 0 Å². The molecule has 1 saturated heterocycles. The molecule has 1 amide bonds. The Labute approximate surface area is 146 Å². The fourth-order valence-corrected chi connectivity index (χ4v) is 3.63. The molecule has 2 heterocycles. The number of amides is 1. The first-order valence-corrected chi connectivity index (χ1v) is 7.94. The highest BCUT2D eigenvalue weighted by atomic mass is 35.5. The van der Waals surface area contributed by atoms with Crippen LogP contribution in [0.4, 0.5) is 0 Å². The number of piperidine rings is 1. The number of thiazole rings is 1. The topological polar surface area (TPSA) is 59.2 Å². The number of carbonyl (C=O) groups excluding carboxylic acids is 1. The number of nitrogens with zero attached hydrogens (tertiary/aromatic N) is 2. The monoisotopic (exact) mass is 361 g/mol. The number of likely N-dealkylation sites (tertiary alicyclic amines) is 1. The number of fused-ring (bicyclic) bond motifs is 1. The van der Waals surface area contributed by atoms with E-state index in [0.29, 0.717) is 0 Å². The van der Waals surface area contributed by atoms with Crippen molar-refractivity contribution in [2.45, 2.75) is 38.3 Å². The lowest BCUT2D eigenvalue weighted by molar-refractivity contribution is 0.0584. The fraction of sp³-hybridized carbons (Fsp3) is 0.467. The third-order valence-corrected chi connectivity index (χ3v) is 4.79. The van der Waals surface area contributed by atoms with E-state index in [1.807, 2.05) is 35.5 Å². The quantitative estimate of drug-likeness (QED) is 0.890. The van der Waals surface area contributed by atoms with E-state index in [9.17, 15) is 4.79 Å². The lowest BCUT2D eigenvalue weighted by Crippen LogP contribution is -2.51. The second kappa shape index (κ2) is 8.11. The van der Waals surface area contributed by atoms with Crippen molar-refractivity contribution in [1.29, 1.82) is 0 Å². The lowest BCUT2D eigenvalue weighted by Gasteiger charge is -2.38. The van der Waals surface area contributed by atoms with E-state index in [0.717, 1.165) is 41.6 Å². The predicted molar refractivity (Wildman–Crippen MR) is 96.4 cm³/mol.